The van der Waals surface area contributed by atoms with Crippen LogP contribution in [-0.2, 0) is 10.0 Å². The fourth-order valence-electron chi connectivity index (χ4n) is 3.57. The SMILES string of the molecule is CC(C)n1ncc2c(C(=O)N3CCN(S(C)(=O)=O)CC3)cc(C3CC3)nc21. The zero-order valence-electron chi connectivity index (χ0n) is 15.9. The molecular formula is C18H25N5O3S. The molecule has 0 radical (unpaired) electrons. The zero-order valence-corrected chi connectivity index (χ0v) is 16.7. The maximum absolute atomic E-state index is 13.2. The van der Waals surface area contributed by atoms with Gasteiger partial charge in [-0.2, -0.15) is 9.40 Å². The first-order valence-corrected chi connectivity index (χ1v) is 11.2. The van der Waals surface area contributed by atoms with Crippen LogP contribution in [0.2, 0.25) is 0 Å². The third-order valence-corrected chi connectivity index (χ3v) is 6.60. The van der Waals surface area contributed by atoms with Crippen molar-refractivity contribution in [2.24, 2.45) is 0 Å². The molecule has 1 aliphatic carbocycles. The van der Waals surface area contributed by atoms with Gasteiger partial charge in [-0.25, -0.2) is 18.1 Å². The van der Waals surface area contributed by atoms with Gasteiger partial charge in [0.1, 0.15) is 0 Å². The van der Waals surface area contributed by atoms with Crippen LogP contribution < -0.4 is 0 Å². The van der Waals surface area contributed by atoms with Crippen molar-refractivity contribution in [1.82, 2.24) is 24.0 Å². The molecule has 1 aliphatic heterocycles. The number of sulfonamides is 1. The number of amides is 1. The molecule has 1 amide bonds. The molecule has 2 aromatic rings. The highest BCUT2D eigenvalue weighted by atomic mass is 32.2. The van der Waals surface area contributed by atoms with Gasteiger partial charge in [-0.1, -0.05) is 0 Å². The second-order valence-electron chi connectivity index (χ2n) is 7.74. The second-order valence-corrected chi connectivity index (χ2v) is 9.73. The second kappa shape index (κ2) is 6.56. The van der Waals surface area contributed by atoms with E-state index in [1.165, 1.54) is 10.6 Å². The van der Waals surface area contributed by atoms with E-state index in [4.69, 9.17) is 4.98 Å². The third kappa shape index (κ3) is 3.45. The number of fused-ring (bicyclic) bond motifs is 1. The van der Waals surface area contributed by atoms with Gasteiger partial charge in [0.15, 0.2) is 5.65 Å². The molecule has 146 valence electrons. The number of aromatic nitrogens is 3. The number of carbonyl (C=O) groups is 1. The predicted molar refractivity (Wildman–Crippen MR) is 102 cm³/mol. The first kappa shape index (κ1) is 18.4. The predicted octanol–water partition coefficient (Wildman–Crippen LogP) is 1.61. The lowest BCUT2D eigenvalue weighted by atomic mass is 10.1. The number of rotatable bonds is 4. The summed E-state index contributed by atoms with van der Waals surface area (Å²) < 4.78 is 26.7. The molecule has 1 saturated heterocycles. The molecule has 2 aliphatic rings. The Labute approximate surface area is 159 Å². The summed E-state index contributed by atoms with van der Waals surface area (Å²) in [4.78, 5) is 19.8. The van der Waals surface area contributed by atoms with Crippen molar-refractivity contribution < 1.29 is 13.2 Å². The smallest absolute Gasteiger partial charge is 0.254 e. The first-order valence-electron chi connectivity index (χ1n) is 9.38. The van der Waals surface area contributed by atoms with Gasteiger partial charge in [-0.3, -0.25) is 4.79 Å². The molecule has 1 saturated carbocycles. The quantitative estimate of drug-likeness (QED) is 0.790. The molecule has 0 N–H and O–H groups in total. The molecule has 3 heterocycles. The molecule has 4 rings (SSSR count). The number of carbonyl (C=O) groups excluding carboxylic acids is 1. The lowest BCUT2D eigenvalue weighted by molar-refractivity contribution is 0.0700. The topological polar surface area (TPSA) is 88.4 Å². The summed E-state index contributed by atoms with van der Waals surface area (Å²) in [6.07, 6.45) is 5.14. The lowest BCUT2D eigenvalue weighted by Crippen LogP contribution is -2.50. The molecule has 2 aromatic heterocycles. The minimum absolute atomic E-state index is 0.0687. The van der Waals surface area contributed by atoms with Crippen molar-refractivity contribution in [3.8, 4) is 0 Å². The van der Waals surface area contributed by atoms with Crippen LogP contribution in [0.1, 0.15) is 54.7 Å². The van der Waals surface area contributed by atoms with Gasteiger partial charge in [0.05, 0.1) is 23.4 Å². The maximum Gasteiger partial charge on any atom is 0.254 e. The van der Waals surface area contributed by atoms with E-state index in [2.05, 4.69) is 5.10 Å². The average molecular weight is 391 g/mol. The number of piperazine rings is 1. The van der Waals surface area contributed by atoms with Crippen molar-refractivity contribution in [2.45, 2.75) is 38.6 Å². The molecule has 0 aromatic carbocycles. The molecule has 0 bridgehead atoms. The van der Waals surface area contributed by atoms with E-state index in [-0.39, 0.29) is 11.9 Å². The van der Waals surface area contributed by atoms with Crippen LogP contribution in [0.15, 0.2) is 12.3 Å². The molecule has 2 fully saturated rings. The van der Waals surface area contributed by atoms with Crippen molar-refractivity contribution in [3.63, 3.8) is 0 Å². The van der Waals surface area contributed by atoms with Crippen LogP contribution in [0.5, 0.6) is 0 Å². The highest BCUT2D eigenvalue weighted by Gasteiger charge is 2.31. The van der Waals surface area contributed by atoms with Gasteiger partial charge >= 0.3 is 0 Å². The first-order chi connectivity index (χ1) is 12.8. The van der Waals surface area contributed by atoms with E-state index < -0.39 is 10.0 Å². The summed E-state index contributed by atoms with van der Waals surface area (Å²) in [5, 5.41) is 5.21. The molecule has 0 unspecified atom stereocenters. The highest BCUT2D eigenvalue weighted by molar-refractivity contribution is 7.88. The molecule has 0 atom stereocenters. The normalized spacial score (nSPS) is 19.2. The number of hydrogen-bond donors (Lipinski definition) is 0. The zero-order chi connectivity index (χ0) is 19.3. The van der Waals surface area contributed by atoms with Crippen molar-refractivity contribution >= 4 is 27.0 Å². The van der Waals surface area contributed by atoms with Gasteiger partial charge in [0.25, 0.3) is 5.91 Å². The van der Waals surface area contributed by atoms with Crippen LogP contribution in [-0.4, -0.2) is 70.7 Å². The summed E-state index contributed by atoms with van der Waals surface area (Å²) in [5.74, 6) is 0.360. The molecule has 8 nitrogen and oxygen atoms in total. The average Bonchev–Trinajstić information content (AvgIpc) is 3.38. The summed E-state index contributed by atoms with van der Waals surface area (Å²) in [7, 11) is -3.22. The van der Waals surface area contributed by atoms with E-state index >= 15 is 0 Å². The molecule has 0 spiro atoms. The fraction of sp³-hybridized carbons (Fsp3) is 0.611. The van der Waals surface area contributed by atoms with Gasteiger partial charge in [0.2, 0.25) is 10.0 Å². The van der Waals surface area contributed by atoms with Crippen molar-refractivity contribution in [2.75, 3.05) is 32.4 Å². The Bertz CT molecular complexity index is 986. The third-order valence-electron chi connectivity index (χ3n) is 5.30. The van der Waals surface area contributed by atoms with E-state index in [1.54, 1.807) is 11.1 Å². The summed E-state index contributed by atoms with van der Waals surface area (Å²) >= 11 is 0. The number of hydrogen-bond acceptors (Lipinski definition) is 5. The van der Waals surface area contributed by atoms with Gasteiger partial charge < -0.3 is 4.90 Å². The maximum atomic E-state index is 13.2. The van der Waals surface area contributed by atoms with Gasteiger partial charge in [-0.15, -0.1) is 0 Å². The van der Waals surface area contributed by atoms with E-state index in [9.17, 15) is 13.2 Å². The van der Waals surface area contributed by atoms with E-state index in [0.717, 1.165) is 29.6 Å². The largest absolute Gasteiger partial charge is 0.336 e. The van der Waals surface area contributed by atoms with Crippen molar-refractivity contribution in [1.29, 1.82) is 0 Å². The standard InChI is InChI=1S/C18H25N5O3S/c1-12(2)23-17-15(11-19-23)14(10-16(20-17)13-4-5-13)18(24)21-6-8-22(9-7-21)27(3,25)26/h10-13H,4-9H2,1-3H3. The van der Waals surface area contributed by atoms with Crippen LogP contribution >= 0.6 is 0 Å². The summed E-state index contributed by atoms with van der Waals surface area (Å²) in [6.45, 7) is 5.55. The summed E-state index contributed by atoms with van der Waals surface area (Å²) in [5.41, 5.74) is 2.34. The lowest BCUT2D eigenvalue weighted by Gasteiger charge is -2.33. The Morgan fingerprint density at radius 2 is 1.85 bits per heavy atom. The fourth-order valence-corrected chi connectivity index (χ4v) is 4.40. The Morgan fingerprint density at radius 1 is 1.19 bits per heavy atom. The molecular weight excluding hydrogens is 366 g/mol. The molecule has 9 heteroatoms. The van der Waals surface area contributed by atoms with Crippen LogP contribution in [0.3, 0.4) is 0 Å². The van der Waals surface area contributed by atoms with Crippen LogP contribution in [0, 0.1) is 0 Å². The van der Waals surface area contributed by atoms with E-state index in [1.807, 2.05) is 24.6 Å². The van der Waals surface area contributed by atoms with Gasteiger partial charge in [-0.05, 0) is 32.8 Å². The van der Waals surface area contributed by atoms with Crippen LogP contribution in [0.25, 0.3) is 11.0 Å². The Morgan fingerprint density at radius 3 is 2.41 bits per heavy atom. The molecule has 27 heavy (non-hydrogen) atoms. The Hall–Kier alpha value is -2.00. The Kier molecular flexibility index (Phi) is 4.46. The Balaban J connectivity index is 1.67. The minimum Gasteiger partial charge on any atom is -0.336 e. The summed E-state index contributed by atoms with van der Waals surface area (Å²) in [6, 6.07) is 2.07. The highest BCUT2D eigenvalue weighted by Crippen LogP contribution is 2.40. The van der Waals surface area contributed by atoms with E-state index in [0.29, 0.717) is 37.7 Å². The van der Waals surface area contributed by atoms with Gasteiger partial charge in [0, 0.05) is 43.8 Å². The van der Waals surface area contributed by atoms with Crippen LogP contribution in [0.4, 0.5) is 0 Å². The number of nitrogens with zero attached hydrogens (tertiary/aromatic N) is 5. The monoisotopic (exact) mass is 391 g/mol. The minimum atomic E-state index is -3.22. The number of pyridine rings is 1. The van der Waals surface area contributed by atoms with Crippen molar-refractivity contribution in [3.05, 3.63) is 23.5 Å².